The lowest BCUT2D eigenvalue weighted by molar-refractivity contribution is -0.139. The fraction of sp³-hybridized carbons (Fsp3) is 0.571. The third kappa shape index (κ3) is 2.30. The van der Waals surface area contributed by atoms with Gasteiger partial charge in [0.2, 0.25) is 5.91 Å². The summed E-state index contributed by atoms with van der Waals surface area (Å²) in [5.41, 5.74) is 1.24. The summed E-state index contributed by atoms with van der Waals surface area (Å²) in [6.45, 7) is 2.41. The summed E-state index contributed by atoms with van der Waals surface area (Å²) < 4.78 is 4.80. The number of carbonyl (C=O) groups excluding carboxylic acids is 2. The average Bonchev–Trinajstić information content (AvgIpc) is 2.85. The molecule has 1 heterocycles. The van der Waals surface area contributed by atoms with E-state index >= 15 is 0 Å². The first kappa shape index (κ1) is 13.8. The quantitative estimate of drug-likeness (QED) is 0.604. The van der Waals surface area contributed by atoms with Gasteiger partial charge in [0.15, 0.2) is 0 Å². The second kappa shape index (κ2) is 5.57. The van der Waals surface area contributed by atoms with Crippen molar-refractivity contribution in [1.29, 1.82) is 0 Å². The van der Waals surface area contributed by atoms with Gasteiger partial charge in [-0.1, -0.05) is 13.0 Å². The van der Waals surface area contributed by atoms with Crippen LogP contribution >= 0.6 is 0 Å². The number of fused-ring (bicyclic) bond motifs is 1. The van der Waals surface area contributed by atoms with Crippen LogP contribution in [0.3, 0.4) is 0 Å². The molecule has 0 unspecified atom stereocenters. The van der Waals surface area contributed by atoms with Crippen LogP contribution in [0.4, 0.5) is 0 Å². The number of amides is 1. The van der Waals surface area contributed by atoms with Crippen LogP contribution in [0, 0.1) is 11.8 Å². The minimum Gasteiger partial charge on any atom is -0.466 e. The van der Waals surface area contributed by atoms with Gasteiger partial charge in [0.05, 0.1) is 25.2 Å². The van der Waals surface area contributed by atoms with Gasteiger partial charge < -0.3 is 14.7 Å². The molecule has 0 saturated carbocycles. The molecule has 0 bridgehead atoms. The van der Waals surface area contributed by atoms with Gasteiger partial charge in [-0.05, 0) is 18.4 Å². The van der Waals surface area contributed by atoms with Crippen molar-refractivity contribution in [1.82, 2.24) is 4.90 Å². The van der Waals surface area contributed by atoms with Crippen LogP contribution in [0.15, 0.2) is 23.4 Å². The van der Waals surface area contributed by atoms with Gasteiger partial charge in [-0.3, -0.25) is 4.79 Å². The largest absolute Gasteiger partial charge is 0.466 e. The standard InChI is InChI=1S/C14H19NO4/c1-3-6-15-7-11(14(18)19-2)10-5-4-9(8-16)12(10)13(15)17/h4,7,10,12,16H,3,5-6,8H2,1-2H3/t10-,12-/m1/s1. The Hall–Kier alpha value is -1.62. The molecule has 0 saturated heterocycles. The third-order valence-electron chi connectivity index (χ3n) is 3.75. The molecule has 5 heteroatoms. The minimum absolute atomic E-state index is 0.0303. The van der Waals surface area contributed by atoms with Gasteiger partial charge in [-0.25, -0.2) is 4.79 Å². The molecule has 0 aromatic carbocycles. The zero-order valence-electron chi connectivity index (χ0n) is 11.3. The van der Waals surface area contributed by atoms with E-state index in [2.05, 4.69) is 0 Å². The number of aliphatic hydroxyl groups is 1. The number of aliphatic hydroxyl groups excluding tert-OH is 1. The Morgan fingerprint density at radius 1 is 1.58 bits per heavy atom. The van der Waals surface area contributed by atoms with Crippen LogP contribution in [-0.4, -0.2) is 42.1 Å². The Balaban J connectivity index is 2.37. The maximum atomic E-state index is 12.4. The molecule has 0 aromatic rings. The van der Waals surface area contributed by atoms with Gasteiger partial charge in [-0.2, -0.15) is 0 Å². The molecule has 1 N–H and O–H groups in total. The predicted octanol–water partition coefficient (Wildman–Crippen LogP) is 0.850. The lowest BCUT2D eigenvalue weighted by Gasteiger charge is -2.33. The predicted molar refractivity (Wildman–Crippen MR) is 68.9 cm³/mol. The van der Waals surface area contributed by atoms with Gasteiger partial charge in [0.1, 0.15) is 0 Å². The Labute approximate surface area is 112 Å². The molecule has 0 aromatic heterocycles. The van der Waals surface area contributed by atoms with E-state index in [1.807, 2.05) is 13.0 Å². The van der Waals surface area contributed by atoms with E-state index in [1.165, 1.54) is 7.11 Å². The molecular formula is C14H19NO4. The number of hydrogen-bond acceptors (Lipinski definition) is 4. The Kier molecular flexibility index (Phi) is 4.04. The van der Waals surface area contributed by atoms with Crippen LogP contribution in [-0.2, 0) is 14.3 Å². The summed E-state index contributed by atoms with van der Waals surface area (Å²) in [5, 5.41) is 9.35. The van der Waals surface area contributed by atoms with E-state index in [4.69, 9.17) is 4.74 Å². The van der Waals surface area contributed by atoms with Crippen LogP contribution in [0.25, 0.3) is 0 Å². The van der Waals surface area contributed by atoms with Crippen molar-refractivity contribution >= 4 is 11.9 Å². The minimum atomic E-state index is -0.407. The van der Waals surface area contributed by atoms with Crippen molar-refractivity contribution in [2.75, 3.05) is 20.3 Å². The van der Waals surface area contributed by atoms with Crippen molar-refractivity contribution in [2.45, 2.75) is 19.8 Å². The summed E-state index contributed by atoms with van der Waals surface area (Å²) in [7, 11) is 1.34. The van der Waals surface area contributed by atoms with Gasteiger partial charge in [-0.15, -0.1) is 0 Å². The van der Waals surface area contributed by atoms with Crippen LogP contribution < -0.4 is 0 Å². The van der Waals surface area contributed by atoms with Crippen LogP contribution in [0.5, 0.6) is 0 Å². The SMILES string of the molecule is CCCN1C=C(C(=O)OC)[C@H]2CC=C(CO)[C@H]2C1=O. The molecule has 104 valence electrons. The second-order valence-electron chi connectivity index (χ2n) is 4.86. The van der Waals surface area contributed by atoms with E-state index in [1.54, 1.807) is 11.1 Å². The number of methoxy groups -OCH3 is 1. The lowest BCUT2D eigenvalue weighted by atomic mass is 9.82. The number of hydrogen-bond donors (Lipinski definition) is 1. The normalized spacial score (nSPS) is 25.8. The molecular weight excluding hydrogens is 246 g/mol. The fourth-order valence-corrected chi connectivity index (χ4v) is 2.84. The highest BCUT2D eigenvalue weighted by molar-refractivity contribution is 5.95. The number of nitrogens with zero attached hydrogens (tertiary/aromatic N) is 1. The Morgan fingerprint density at radius 2 is 2.32 bits per heavy atom. The Morgan fingerprint density at radius 3 is 2.89 bits per heavy atom. The van der Waals surface area contributed by atoms with Crippen LogP contribution in [0.1, 0.15) is 19.8 Å². The second-order valence-corrected chi connectivity index (χ2v) is 4.86. The number of carbonyl (C=O) groups is 2. The van der Waals surface area contributed by atoms with Crippen molar-refractivity contribution in [3.63, 3.8) is 0 Å². The summed E-state index contributed by atoms with van der Waals surface area (Å²) in [6, 6.07) is 0. The molecule has 5 nitrogen and oxygen atoms in total. The maximum Gasteiger partial charge on any atom is 0.335 e. The molecule has 0 radical (unpaired) electrons. The van der Waals surface area contributed by atoms with Crippen molar-refractivity contribution in [3.05, 3.63) is 23.4 Å². The summed E-state index contributed by atoms with van der Waals surface area (Å²) >= 11 is 0. The third-order valence-corrected chi connectivity index (χ3v) is 3.75. The van der Waals surface area contributed by atoms with E-state index in [-0.39, 0.29) is 18.4 Å². The molecule has 0 fully saturated rings. The zero-order valence-corrected chi connectivity index (χ0v) is 11.3. The molecule has 2 atom stereocenters. The molecule has 19 heavy (non-hydrogen) atoms. The number of rotatable bonds is 4. The maximum absolute atomic E-state index is 12.4. The molecule has 2 rings (SSSR count). The van der Waals surface area contributed by atoms with E-state index in [0.29, 0.717) is 24.1 Å². The average molecular weight is 265 g/mol. The first-order valence-corrected chi connectivity index (χ1v) is 6.54. The van der Waals surface area contributed by atoms with Gasteiger partial charge in [0.25, 0.3) is 0 Å². The van der Waals surface area contributed by atoms with Crippen molar-refractivity contribution < 1.29 is 19.4 Å². The molecule has 1 aliphatic carbocycles. The summed E-state index contributed by atoms with van der Waals surface area (Å²) in [5.74, 6) is -1.01. The number of ether oxygens (including phenoxy) is 1. The van der Waals surface area contributed by atoms with Crippen LogP contribution in [0.2, 0.25) is 0 Å². The topological polar surface area (TPSA) is 66.8 Å². The van der Waals surface area contributed by atoms with Crippen molar-refractivity contribution in [3.8, 4) is 0 Å². The number of allylic oxidation sites excluding steroid dienone is 1. The zero-order chi connectivity index (χ0) is 14.0. The molecule has 1 aliphatic heterocycles. The number of esters is 1. The molecule has 1 amide bonds. The summed E-state index contributed by atoms with van der Waals surface area (Å²) in [4.78, 5) is 25.8. The molecule has 2 aliphatic rings. The monoisotopic (exact) mass is 265 g/mol. The fourth-order valence-electron chi connectivity index (χ4n) is 2.84. The Bertz CT molecular complexity index is 452. The van der Waals surface area contributed by atoms with E-state index in [0.717, 1.165) is 6.42 Å². The highest BCUT2D eigenvalue weighted by atomic mass is 16.5. The van der Waals surface area contributed by atoms with Gasteiger partial charge >= 0.3 is 5.97 Å². The van der Waals surface area contributed by atoms with E-state index in [9.17, 15) is 14.7 Å². The highest BCUT2D eigenvalue weighted by Crippen LogP contribution is 2.41. The lowest BCUT2D eigenvalue weighted by Crippen LogP contribution is -2.42. The van der Waals surface area contributed by atoms with Crippen molar-refractivity contribution in [2.24, 2.45) is 11.8 Å². The van der Waals surface area contributed by atoms with E-state index < -0.39 is 11.9 Å². The smallest absolute Gasteiger partial charge is 0.335 e. The highest BCUT2D eigenvalue weighted by Gasteiger charge is 2.44. The first-order chi connectivity index (χ1) is 9.13. The summed E-state index contributed by atoms with van der Waals surface area (Å²) in [6.07, 6.45) is 4.89. The molecule has 0 spiro atoms. The first-order valence-electron chi connectivity index (χ1n) is 6.54. The van der Waals surface area contributed by atoms with Gasteiger partial charge in [0, 0.05) is 18.7 Å².